The zero-order valence-electron chi connectivity index (χ0n) is 7.87. The van der Waals surface area contributed by atoms with E-state index in [0.29, 0.717) is 24.6 Å². The maximum absolute atomic E-state index is 11.6. The molecule has 72 valence electrons. The van der Waals surface area contributed by atoms with Crippen LogP contribution in [0.5, 0.6) is 0 Å². The van der Waals surface area contributed by atoms with Gasteiger partial charge in [0.1, 0.15) is 11.5 Å². The molecule has 5 heteroatoms. The summed E-state index contributed by atoms with van der Waals surface area (Å²) in [6.45, 7) is 5.24. The first kappa shape index (κ1) is 9.57. The highest BCUT2D eigenvalue weighted by atomic mass is 16.2. The van der Waals surface area contributed by atoms with E-state index >= 15 is 0 Å². The number of carbonyl (C=O) groups is 1. The maximum atomic E-state index is 11.6. The molecule has 13 heavy (non-hydrogen) atoms. The van der Waals surface area contributed by atoms with Crippen LogP contribution >= 0.6 is 0 Å². The monoisotopic (exact) mass is 182 g/mol. The van der Waals surface area contributed by atoms with Crippen molar-refractivity contribution in [1.29, 1.82) is 0 Å². The van der Waals surface area contributed by atoms with Crippen molar-refractivity contribution in [2.75, 3.05) is 18.8 Å². The van der Waals surface area contributed by atoms with Crippen LogP contribution in [0, 0.1) is 0 Å². The average molecular weight is 182 g/mol. The molecule has 0 aliphatic heterocycles. The topological polar surface area (TPSA) is 75.0 Å². The number of nitrogens with one attached hydrogen (secondary N) is 1. The maximum Gasteiger partial charge on any atom is 0.271 e. The molecular formula is C8H14N4O. The normalized spacial score (nSPS) is 10.0. The second kappa shape index (κ2) is 3.93. The Balaban J connectivity index is 2.78. The molecule has 0 fully saturated rings. The SMILES string of the molecule is CCN(CC)C(=O)c1cc(N)n[nH]1. The van der Waals surface area contributed by atoms with E-state index in [1.165, 1.54) is 0 Å². The van der Waals surface area contributed by atoms with Gasteiger partial charge in [-0.25, -0.2) is 0 Å². The van der Waals surface area contributed by atoms with E-state index in [-0.39, 0.29) is 5.91 Å². The molecule has 0 radical (unpaired) electrons. The van der Waals surface area contributed by atoms with Gasteiger partial charge in [-0.1, -0.05) is 0 Å². The third-order valence-electron chi connectivity index (χ3n) is 1.88. The fourth-order valence-corrected chi connectivity index (χ4v) is 1.13. The molecule has 0 aromatic carbocycles. The highest BCUT2D eigenvalue weighted by molar-refractivity contribution is 5.92. The molecule has 1 rings (SSSR count). The van der Waals surface area contributed by atoms with E-state index in [0.717, 1.165) is 0 Å². The van der Waals surface area contributed by atoms with E-state index in [2.05, 4.69) is 10.2 Å². The van der Waals surface area contributed by atoms with Gasteiger partial charge in [-0.3, -0.25) is 9.89 Å². The van der Waals surface area contributed by atoms with Crippen LogP contribution in [0.25, 0.3) is 0 Å². The lowest BCUT2D eigenvalue weighted by Crippen LogP contribution is -2.30. The molecule has 0 bridgehead atoms. The van der Waals surface area contributed by atoms with Gasteiger partial charge < -0.3 is 10.6 Å². The Kier molecular flexibility index (Phi) is 2.89. The molecule has 0 atom stereocenters. The number of aromatic nitrogens is 2. The van der Waals surface area contributed by atoms with E-state index in [1.807, 2.05) is 13.8 Å². The molecule has 0 aliphatic rings. The Hall–Kier alpha value is -1.52. The molecule has 0 aliphatic carbocycles. The lowest BCUT2D eigenvalue weighted by atomic mass is 10.3. The number of H-pyrrole nitrogens is 1. The lowest BCUT2D eigenvalue weighted by Gasteiger charge is -2.16. The Morgan fingerprint density at radius 1 is 1.62 bits per heavy atom. The summed E-state index contributed by atoms with van der Waals surface area (Å²) in [5, 5.41) is 6.28. The van der Waals surface area contributed by atoms with Crippen molar-refractivity contribution in [2.24, 2.45) is 0 Å². The van der Waals surface area contributed by atoms with Gasteiger partial charge in [-0.05, 0) is 13.8 Å². The summed E-state index contributed by atoms with van der Waals surface area (Å²) >= 11 is 0. The van der Waals surface area contributed by atoms with Crippen LogP contribution in [0.2, 0.25) is 0 Å². The average Bonchev–Trinajstić information content (AvgIpc) is 2.54. The van der Waals surface area contributed by atoms with E-state index in [1.54, 1.807) is 11.0 Å². The number of nitrogen functional groups attached to an aromatic ring is 1. The zero-order chi connectivity index (χ0) is 9.84. The van der Waals surface area contributed by atoms with Crippen LogP contribution in [0.4, 0.5) is 5.82 Å². The molecule has 1 aromatic rings. The number of anilines is 1. The predicted octanol–water partition coefficient (Wildman–Crippen LogP) is 0.474. The molecule has 0 saturated heterocycles. The van der Waals surface area contributed by atoms with Crippen molar-refractivity contribution in [3.63, 3.8) is 0 Å². The van der Waals surface area contributed by atoms with Crippen molar-refractivity contribution >= 4 is 11.7 Å². The number of carbonyl (C=O) groups excluding carboxylic acids is 1. The minimum atomic E-state index is -0.0609. The number of amides is 1. The van der Waals surface area contributed by atoms with Gasteiger partial charge in [-0.2, -0.15) is 5.10 Å². The molecule has 5 nitrogen and oxygen atoms in total. The zero-order valence-corrected chi connectivity index (χ0v) is 7.87. The summed E-state index contributed by atoms with van der Waals surface area (Å²) in [5.41, 5.74) is 5.83. The predicted molar refractivity (Wildman–Crippen MR) is 50.3 cm³/mol. The largest absolute Gasteiger partial charge is 0.382 e. The number of rotatable bonds is 3. The van der Waals surface area contributed by atoms with Gasteiger partial charge >= 0.3 is 0 Å². The fourth-order valence-electron chi connectivity index (χ4n) is 1.13. The van der Waals surface area contributed by atoms with E-state index in [9.17, 15) is 4.79 Å². The Morgan fingerprint density at radius 3 is 2.62 bits per heavy atom. The Morgan fingerprint density at radius 2 is 2.23 bits per heavy atom. The Labute approximate surface area is 76.9 Å². The van der Waals surface area contributed by atoms with Gasteiger partial charge in [0.2, 0.25) is 0 Å². The minimum absolute atomic E-state index is 0.0609. The number of hydrogen-bond donors (Lipinski definition) is 2. The summed E-state index contributed by atoms with van der Waals surface area (Å²) in [6, 6.07) is 1.54. The van der Waals surface area contributed by atoms with Crippen molar-refractivity contribution in [2.45, 2.75) is 13.8 Å². The summed E-state index contributed by atoms with van der Waals surface area (Å²) < 4.78 is 0. The highest BCUT2D eigenvalue weighted by Crippen LogP contribution is 2.04. The van der Waals surface area contributed by atoms with E-state index < -0.39 is 0 Å². The molecule has 0 spiro atoms. The third-order valence-corrected chi connectivity index (χ3v) is 1.88. The van der Waals surface area contributed by atoms with Crippen molar-refractivity contribution in [3.8, 4) is 0 Å². The van der Waals surface area contributed by atoms with Gasteiger partial charge in [0.15, 0.2) is 0 Å². The summed E-state index contributed by atoms with van der Waals surface area (Å²) in [4.78, 5) is 13.3. The molecule has 1 aromatic heterocycles. The third kappa shape index (κ3) is 1.99. The first-order valence-electron chi connectivity index (χ1n) is 4.29. The molecular weight excluding hydrogens is 168 g/mol. The van der Waals surface area contributed by atoms with Crippen LogP contribution in [0.1, 0.15) is 24.3 Å². The molecule has 3 N–H and O–H groups in total. The van der Waals surface area contributed by atoms with Crippen LogP contribution < -0.4 is 5.73 Å². The molecule has 1 heterocycles. The highest BCUT2D eigenvalue weighted by Gasteiger charge is 2.13. The first-order valence-corrected chi connectivity index (χ1v) is 4.29. The van der Waals surface area contributed by atoms with E-state index in [4.69, 9.17) is 5.73 Å². The quantitative estimate of drug-likeness (QED) is 0.713. The van der Waals surface area contributed by atoms with Crippen molar-refractivity contribution < 1.29 is 4.79 Å². The minimum Gasteiger partial charge on any atom is -0.382 e. The smallest absolute Gasteiger partial charge is 0.271 e. The van der Waals surface area contributed by atoms with Gasteiger partial charge in [0.05, 0.1) is 0 Å². The Bertz CT molecular complexity index is 290. The molecule has 0 saturated carbocycles. The van der Waals surface area contributed by atoms with Gasteiger partial charge in [0, 0.05) is 19.2 Å². The summed E-state index contributed by atoms with van der Waals surface area (Å²) in [6.07, 6.45) is 0. The number of nitrogens with zero attached hydrogens (tertiary/aromatic N) is 2. The van der Waals surface area contributed by atoms with Crippen LogP contribution in [0.15, 0.2) is 6.07 Å². The van der Waals surface area contributed by atoms with Crippen LogP contribution in [-0.4, -0.2) is 34.1 Å². The lowest BCUT2D eigenvalue weighted by molar-refractivity contribution is 0.0767. The number of hydrogen-bond acceptors (Lipinski definition) is 3. The number of nitrogens with two attached hydrogens (primary N) is 1. The number of aromatic amines is 1. The molecule has 1 amide bonds. The second-order valence-corrected chi connectivity index (χ2v) is 2.68. The van der Waals surface area contributed by atoms with Crippen LogP contribution in [0.3, 0.4) is 0 Å². The summed E-state index contributed by atoms with van der Waals surface area (Å²) in [7, 11) is 0. The first-order chi connectivity index (χ1) is 6.19. The van der Waals surface area contributed by atoms with Gasteiger partial charge in [-0.15, -0.1) is 0 Å². The van der Waals surface area contributed by atoms with Crippen molar-refractivity contribution in [3.05, 3.63) is 11.8 Å². The summed E-state index contributed by atoms with van der Waals surface area (Å²) in [5.74, 6) is 0.282. The fraction of sp³-hybridized carbons (Fsp3) is 0.500. The van der Waals surface area contributed by atoms with Gasteiger partial charge in [0.25, 0.3) is 5.91 Å². The second-order valence-electron chi connectivity index (χ2n) is 2.68. The van der Waals surface area contributed by atoms with Crippen LogP contribution in [-0.2, 0) is 0 Å². The standard InChI is InChI=1S/C8H14N4O/c1-3-12(4-2)8(13)6-5-7(9)11-10-6/h5H,3-4H2,1-2H3,(H3,9,10,11). The van der Waals surface area contributed by atoms with Crippen molar-refractivity contribution in [1.82, 2.24) is 15.1 Å². The molecule has 0 unspecified atom stereocenters.